The Bertz CT molecular complexity index is 1040. The van der Waals surface area contributed by atoms with Crippen molar-refractivity contribution in [3.8, 4) is 11.1 Å². The molecule has 2 amide bonds. The maximum absolute atomic E-state index is 12.2. The number of hydrogen-bond donors (Lipinski definition) is 3. The molecule has 1 saturated heterocycles. The predicted octanol–water partition coefficient (Wildman–Crippen LogP) is 2.52. The second kappa shape index (κ2) is 9.46. The summed E-state index contributed by atoms with van der Waals surface area (Å²) in [6, 6.07) is 16.2. The van der Waals surface area contributed by atoms with E-state index in [-0.39, 0.29) is 50.9 Å². The molecular weight excluding hydrogens is 424 g/mol. The minimum atomic E-state index is -1.77. The van der Waals surface area contributed by atoms with Crippen LogP contribution < -0.4 is 5.32 Å². The van der Waals surface area contributed by atoms with Crippen molar-refractivity contribution in [3.05, 3.63) is 71.8 Å². The van der Waals surface area contributed by atoms with Crippen LogP contribution >= 0.6 is 0 Å². The van der Waals surface area contributed by atoms with Gasteiger partial charge in [-0.15, -0.1) is 0 Å². The number of fused-ring (bicyclic) bond motifs is 3. The molecule has 0 saturated carbocycles. The van der Waals surface area contributed by atoms with E-state index in [1.165, 1.54) is 17.1 Å². The summed E-state index contributed by atoms with van der Waals surface area (Å²) in [5, 5.41) is 21.6. The molecule has 172 valence electrons. The van der Waals surface area contributed by atoms with Crippen molar-refractivity contribution in [2.45, 2.75) is 24.4 Å². The number of benzene rings is 2. The van der Waals surface area contributed by atoms with Gasteiger partial charge in [0.1, 0.15) is 6.61 Å². The summed E-state index contributed by atoms with van der Waals surface area (Å²) >= 11 is 0. The molecule has 2 aliphatic rings. The lowest BCUT2D eigenvalue weighted by atomic mass is 9.91. The number of nitrogens with one attached hydrogen (secondary N) is 1. The number of likely N-dealkylation sites (tertiary alicyclic amines) is 1. The van der Waals surface area contributed by atoms with Gasteiger partial charge in [0.2, 0.25) is 5.91 Å². The van der Waals surface area contributed by atoms with Gasteiger partial charge in [0.25, 0.3) is 0 Å². The molecule has 0 atom stereocenters. The third-order valence-electron chi connectivity index (χ3n) is 6.27. The highest BCUT2D eigenvalue weighted by atomic mass is 16.5. The Morgan fingerprint density at radius 1 is 1.03 bits per heavy atom. The quantitative estimate of drug-likeness (QED) is 0.583. The number of nitrogens with zero attached hydrogens (tertiary/aromatic N) is 1. The van der Waals surface area contributed by atoms with E-state index in [0.717, 1.165) is 22.3 Å². The maximum Gasteiger partial charge on any atom is 0.407 e. The van der Waals surface area contributed by atoms with Gasteiger partial charge in [-0.25, -0.2) is 9.59 Å². The summed E-state index contributed by atoms with van der Waals surface area (Å²) in [7, 11) is 0. The van der Waals surface area contributed by atoms with Gasteiger partial charge in [-0.1, -0.05) is 54.6 Å². The number of hydrogen-bond acceptors (Lipinski definition) is 5. The van der Waals surface area contributed by atoms with Crippen molar-refractivity contribution in [1.29, 1.82) is 0 Å². The van der Waals surface area contributed by atoms with Crippen LogP contribution in [0, 0.1) is 0 Å². The first-order chi connectivity index (χ1) is 15.9. The number of carboxylic acid groups (broad SMARTS) is 1. The lowest BCUT2D eigenvalue weighted by Crippen LogP contribution is -2.50. The van der Waals surface area contributed by atoms with Gasteiger partial charge in [-0.05, 0) is 22.3 Å². The van der Waals surface area contributed by atoms with Gasteiger partial charge >= 0.3 is 12.1 Å². The molecule has 1 fully saturated rings. The molecule has 0 unspecified atom stereocenters. The number of carboxylic acids is 1. The van der Waals surface area contributed by atoms with Gasteiger partial charge in [-0.2, -0.15) is 0 Å². The molecule has 0 aromatic heterocycles. The van der Waals surface area contributed by atoms with Gasteiger partial charge in [0.05, 0.1) is 0 Å². The molecule has 2 aromatic rings. The van der Waals surface area contributed by atoms with E-state index in [2.05, 4.69) is 17.4 Å². The van der Waals surface area contributed by atoms with Crippen molar-refractivity contribution in [3.63, 3.8) is 0 Å². The van der Waals surface area contributed by atoms with Crippen LogP contribution in [0.3, 0.4) is 0 Å². The Balaban J connectivity index is 1.23. The first-order valence-electron chi connectivity index (χ1n) is 10.9. The third kappa shape index (κ3) is 4.75. The largest absolute Gasteiger partial charge is 0.479 e. The van der Waals surface area contributed by atoms with Crippen LogP contribution in [-0.2, 0) is 14.3 Å². The van der Waals surface area contributed by atoms with E-state index < -0.39 is 17.7 Å². The van der Waals surface area contributed by atoms with Crippen LogP contribution in [0.5, 0.6) is 0 Å². The van der Waals surface area contributed by atoms with E-state index in [9.17, 15) is 19.5 Å². The lowest BCUT2D eigenvalue weighted by molar-refractivity contribution is -0.164. The van der Waals surface area contributed by atoms with E-state index in [1.54, 1.807) is 0 Å². The van der Waals surface area contributed by atoms with Crippen molar-refractivity contribution in [2.24, 2.45) is 0 Å². The molecule has 4 rings (SSSR count). The molecule has 33 heavy (non-hydrogen) atoms. The number of aliphatic carboxylic acids is 1. The number of carbonyl (C=O) groups is 3. The minimum absolute atomic E-state index is 0.0140. The molecule has 3 N–H and O–H groups in total. The van der Waals surface area contributed by atoms with Crippen LogP contribution in [0.15, 0.2) is 60.7 Å². The van der Waals surface area contributed by atoms with Gasteiger partial charge in [0.15, 0.2) is 5.60 Å². The minimum Gasteiger partial charge on any atom is -0.479 e. The first kappa shape index (κ1) is 22.5. The monoisotopic (exact) mass is 450 g/mol. The molecule has 0 spiro atoms. The fraction of sp³-hybridized carbons (Fsp3) is 0.320. The molecule has 0 bridgehead atoms. The van der Waals surface area contributed by atoms with E-state index in [0.29, 0.717) is 0 Å². The van der Waals surface area contributed by atoms with Crippen molar-refractivity contribution >= 4 is 18.0 Å². The Labute approximate surface area is 191 Å². The molecule has 2 aromatic carbocycles. The fourth-order valence-corrected chi connectivity index (χ4v) is 4.37. The summed E-state index contributed by atoms with van der Waals surface area (Å²) < 4.78 is 5.45. The second-order valence-corrected chi connectivity index (χ2v) is 8.27. The van der Waals surface area contributed by atoms with E-state index in [4.69, 9.17) is 9.84 Å². The second-order valence-electron chi connectivity index (χ2n) is 8.27. The molecule has 1 aliphatic heterocycles. The highest BCUT2D eigenvalue weighted by molar-refractivity contribution is 5.88. The SMILES string of the molecule is O=C(NC/C=C/C(=O)N1CCC(O)(C(=O)O)CC1)OCC1c2ccccc2-c2ccccc21. The topological polar surface area (TPSA) is 116 Å². The standard InChI is InChI=1S/C25H26N2O6/c28-22(27-14-11-25(32,12-15-27)23(29)30)10-5-13-26-24(31)33-16-21-19-8-3-1-6-17(19)18-7-2-4-9-20(18)21/h1-10,21,32H,11-16H2,(H,26,31)(H,29,30)/b10-5+. The number of piperidine rings is 1. The third-order valence-corrected chi connectivity index (χ3v) is 6.27. The van der Waals surface area contributed by atoms with Crippen LogP contribution in [0.1, 0.15) is 29.9 Å². The summed E-state index contributed by atoms with van der Waals surface area (Å²) in [5.74, 6) is -1.59. The van der Waals surface area contributed by atoms with E-state index >= 15 is 0 Å². The molecular formula is C25H26N2O6. The number of aliphatic hydroxyl groups is 1. The van der Waals surface area contributed by atoms with Crippen LogP contribution in [-0.4, -0.2) is 64.9 Å². The number of carbonyl (C=O) groups excluding carboxylic acids is 2. The Morgan fingerprint density at radius 3 is 2.18 bits per heavy atom. The number of rotatable bonds is 6. The molecule has 1 aliphatic carbocycles. The lowest BCUT2D eigenvalue weighted by Gasteiger charge is -2.34. The number of amides is 2. The Hall–Kier alpha value is -3.65. The number of ether oxygens (including phenoxy) is 1. The average molecular weight is 450 g/mol. The average Bonchev–Trinajstić information content (AvgIpc) is 3.14. The van der Waals surface area contributed by atoms with Crippen LogP contribution in [0.2, 0.25) is 0 Å². The van der Waals surface area contributed by atoms with E-state index in [1.807, 2.05) is 36.4 Å². The van der Waals surface area contributed by atoms with Gasteiger partial charge < -0.3 is 25.2 Å². The molecule has 8 heteroatoms. The van der Waals surface area contributed by atoms with Gasteiger partial charge in [-0.3, -0.25) is 4.79 Å². The molecule has 8 nitrogen and oxygen atoms in total. The Kier molecular flexibility index (Phi) is 6.46. The summed E-state index contributed by atoms with van der Waals surface area (Å²) in [5.41, 5.74) is 2.80. The summed E-state index contributed by atoms with van der Waals surface area (Å²) in [6.45, 7) is 0.648. The zero-order valence-electron chi connectivity index (χ0n) is 18.1. The molecule has 1 heterocycles. The first-order valence-corrected chi connectivity index (χ1v) is 10.9. The highest BCUT2D eigenvalue weighted by Crippen LogP contribution is 2.44. The predicted molar refractivity (Wildman–Crippen MR) is 121 cm³/mol. The van der Waals surface area contributed by atoms with Crippen molar-refractivity contribution < 1.29 is 29.3 Å². The zero-order valence-corrected chi connectivity index (χ0v) is 18.1. The fourth-order valence-electron chi connectivity index (χ4n) is 4.37. The van der Waals surface area contributed by atoms with Gasteiger partial charge in [0, 0.05) is 44.5 Å². The highest BCUT2D eigenvalue weighted by Gasteiger charge is 2.40. The van der Waals surface area contributed by atoms with Crippen LogP contribution in [0.25, 0.3) is 11.1 Å². The maximum atomic E-state index is 12.2. The summed E-state index contributed by atoms with van der Waals surface area (Å²) in [6.07, 6.45) is 2.25. The van der Waals surface area contributed by atoms with Crippen LogP contribution in [0.4, 0.5) is 4.79 Å². The molecule has 0 radical (unpaired) electrons. The van der Waals surface area contributed by atoms with Crippen molar-refractivity contribution in [2.75, 3.05) is 26.2 Å². The van der Waals surface area contributed by atoms with Crippen molar-refractivity contribution in [1.82, 2.24) is 10.2 Å². The summed E-state index contributed by atoms with van der Waals surface area (Å²) in [4.78, 5) is 36.9. The normalized spacial score (nSPS) is 16.8. The Morgan fingerprint density at radius 2 is 1.61 bits per heavy atom. The number of alkyl carbamates (subject to hydrolysis) is 1. The smallest absolute Gasteiger partial charge is 0.407 e. The zero-order chi connectivity index (χ0) is 23.4.